The van der Waals surface area contributed by atoms with E-state index in [0.29, 0.717) is 19.3 Å². The lowest BCUT2D eigenvalue weighted by Gasteiger charge is -2.24. The second-order valence-corrected chi connectivity index (χ2v) is 15.5. The summed E-state index contributed by atoms with van der Waals surface area (Å²) in [6.07, 6.45) is 53.9. The summed E-state index contributed by atoms with van der Waals surface area (Å²) in [5, 5.41) is 23.6. The predicted molar refractivity (Wildman–Crippen MR) is 241 cm³/mol. The zero-order valence-corrected chi connectivity index (χ0v) is 36.5. The molecule has 0 rings (SSSR count). The van der Waals surface area contributed by atoms with Crippen LogP contribution in [0.5, 0.6) is 0 Å². The van der Waals surface area contributed by atoms with Crippen LogP contribution in [0.3, 0.4) is 0 Å². The summed E-state index contributed by atoms with van der Waals surface area (Å²) in [7, 11) is 0. The Kier molecular flexibility index (Phi) is 41.3. The minimum atomic E-state index is -0.809. The van der Waals surface area contributed by atoms with Gasteiger partial charge in [-0.15, -0.1) is 0 Å². The topological polar surface area (TPSA) is 95.9 Å². The zero-order valence-electron chi connectivity index (χ0n) is 36.5. The number of aliphatic hydroxyl groups is 2. The first-order chi connectivity index (χ1) is 27.5. The molecule has 0 heterocycles. The molecule has 0 saturated heterocycles. The van der Waals surface area contributed by atoms with Crippen molar-refractivity contribution < 1.29 is 24.5 Å². The van der Waals surface area contributed by atoms with E-state index in [1.165, 1.54) is 89.9 Å². The Balaban J connectivity index is 4.76. The van der Waals surface area contributed by atoms with E-state index in [1.807, 2.05) is 48.6 Å². The Morgan fingerprint density at radius 2 is 1.00 bits per heavy atom. The molecule has 0 spiro atoms. The lowest BCUT2D eigenvalue weighted by molar-refractivity contribution is -0.151. The number of carbonyl (C=O) groups is 2. The standard InChI is InChI=1S/C50H87NO5/c1-4-7-10-13-16-19-22-24-26-28-31-34-37-40-43-50(55)56-46(41-38-35-32-29-27-25-23-20-17-14-11-8-5-2)44-49(54)51-47(45-52)48(53)42-39-36-33-30-21-18-15-12-9-6-3/h8,11,14,17,20,23,25-29,32,46-48,52-53H,4-7,9-10,12-13,15-16,18-19,21-22,24,30-31,33-45H2,1-3H3,(H,51,54)/b11-8+,17-14+,23-20-,27-25-,28-26-,32-29+. The van der Waals surface area contributed by atoms with Crippen LogP contribution in [0, 0.1) is 0 Å². The van der Waals surface area contributed by atoms with Gasteiger partial charge in [-0.05, 0) is 64.2 Å². The second-order valence-electron chi connectivity index (χ2n) is 15.5. The van der Waals surface area contributed by atoms with Gasteiger partial charge in [0.05, 0.1) is 25.2 Å². The number of aliphatic hydroxyl groups excluding tert-OH is 2. The fourth-order valence-corrected chi connectivity index (χ4v) is 6.63. The predicted octanol–water partition coefficient (Wildman–Crippen LogP) is 13.4. The molecule has 3 N–H and O–H groups in total. The first-order valence-electron chi connectivity index (χ1n) is 23.2. The third-order valence-corrected chi connectivity index (χ3v) is 10.1. The molecule has 0 radical (unpaired) electrons. The minimum Gasteiger partial charge on any atom is -0.462 e. The molecule has 3 unspecified atom stereocenters. The van der Waals surface area contributed by atoms with Crippen LogP contribution in [0.4, 0.5) is 0 Å². The van der Waals surface area contributed by atoms with Crippen LogP contribution in [0.25, 0.3) is 0 Å². The number of amides is 1. The molecule has 0 fully saturated rings. The average molecular weight is 782 g/mol. The van der Waals surface area contributed by atoms with Crippen molar-refractivity contribution in [1.29, 1.82) is 0 Å². The van der Waals surface area contributed by atoms with E-state index >= 15 is 0 Å². The Hall–Kier alpha value is -2.70. The molecule has 0 aliphatic heterocycles. The number of esters is 1. The summed E-state index contributed by atoms with van der Waals surface area (Å²) >= 11 is 0. The smallest absolute Gasteiger partial charge is 0.306 e. The van der Waals surface area contributed by atoms with Crippen LogP contribution >= 0.6 is 0 Å². The summed E-state index contributed by atoms with van der Waals surface area (Å²) < 4.78 is 5.86. The molecule has 3 atom stereocenters. The summed E-state index contributed by atoms with van der Waals surface area (Å²) in [6, 6.07) is -0.728. The first-order valence-corrected chi connectivity index (χ1v) is 23.2. The molecular weight excluding hydrogens is 695 g/mol. The average Bonchev–Trinajstić information content (AvgIpc) is 3.19. The van der Waals surface area contributed by atoms with E-state index in [-0.39, 0.29) is 24.9 Å². The van der Waals surface area contributed by atoms with Crippen LogP contribution in [0.2, 0.25) is 0 Å². The van der Waals surface area contributed by atoms with Crippen molar-refractivity contribution in [2.45, 2.75) is 225 Å². The molecule has 0 aliphatic carbocycles. The minimum absolute atomic E-state index is 0.0200. The van der Waals surface area contributed by atoms with Crippen molar-refractivity contribution >= 4 is 11.9 Å². The van der Waals surface area contributed by atoms with Gasteiger partial charge in [0.25, 0.3) is 0 Å². The molecule has 0 saturated carbocycles. The maximum atomic E-state index is 13.1. The van der Waals surface area contributed by atoms with Gasteiger partial charge in [0.2, 0.25) is 5.91 Å². The van der Waals surface area contributed by atoms with Crippen molar-refractivity contribution in [3.05, 3.63) is 72.9 Å². The quantitative estimate of drug-likeness (QED) is 0.0249. The number of unbranched alkanes of at least 4 members (excludes halogenated alkanes) is 20. The van der Waals surface area contributed by atoms with Crippen LogP contribution < -0.4 is 5.32 Å². The van der Waals surface area contributed by atoms with E-state index in [0.717, 1.165) is 70.6 Å². The Morgan fingerprint density at radius 3 is 1.54 bits per heavy atom. The highest BCUT2D eigenvalue weighted by Gasteiger charge is 2.24. The normalized spacial score (nSPS) is 14.0. The van der Waals surface area contributed by atoms with Gasteiger partial charge in [0, 0.05) is 6.42 Å². The van der Waals surface area contributed by atoms with Gasteiger partial charge in [-0.1, -0.05) is 203 Å². The fourth-order valence-electron chi connectivity index (χ4n) is 6.63. The monoisotopic (exact) mass is 782 g/mol. The van der Waals surface area contributed by atoms with E-state index in [2.05, 4.69) is 50.4 Å². The van der Waals surface area contributed by atoms with Crippen LogP contribution in [-0.4, -0.2) is 46.9 Å². The Labute approximate surface area is 345 Å². The van der Waals surface area contributed by atoms with Gasteiger partial charge in [-0.2, -0.15) is 0 Å². The number of ether oxygens (including phenoxy) is 1. The highest BCUT2D eigenvalue weighted by atomic mass is 16.5. The van der Waals surface area contributed by atoms with Crippen molar-refractivity contribution in [3.63, 3.8) is 0 Å². The number of hydrogen-bond acceptors (Lipinski definition) is 5. The maximum absolute atomic E-state index is 13.1. The molecule has 322 valence electrons. The summed E-state index contributed by atoms with van der Waals surface area (Å²) in [5.74, 6) is -0.571. The first kappa shape index (κ1) is 53.3. The number of carbonyl (C=O) groups excluding carboxylic acids is 2. The van der Waals surface area contributed by atoms with Gasteiger partial charge in [0.1, 0.15) is 6.10 Å². The van der Waals surface area contributed by atoms with E-state index in [4.69, 9.17) is 4.74 Å². The molecule has 0 aromatic heterocycles. The maximum Gasteiger partial charge on any atom is 0.306 e. The third-order valence-electron chi connectivity index (χ3n) is 10.1. The highest BCUT2D eigenvalue weighted by Crippen LogP contribution is 2.16. The third kappa shape index (κ3) is 38.2. The number of rotatable bonds is 40. The summed E-state index contributed by atoms with van der Waals surface area (Å²) in [4.78, 5) is 26.0. The van der Waals surface area contributed by atoms with Gasteiger partial charge in [-0.25, -0.2) is 0 Å². The fraction of sp³-hybridized carbons (Fsp3) is 0.720. The summed E-state index contributed by atoms with van der Waals surface area (Å²) in [6.45, 7) is 6.28. The molecule has 0 bridgehead atoms. The summed E-state index contributed by atoms with van der Waals surface area (Å²) in [5.41, 5.74) is 0. The van der Waals surface area contributed by atoms with Crippen molar-refractivity contribution in [3.8, 4) is 0 Å². The molecule has 0 aliphatic rings. The van der Waals surface area contributed by atoms with Gasteiger partial charge in [0.15, 0.2) is 0 Å². The molecule has 6 nitrogen and oxygen atoms in total. The zero-order chi connectivity index (χ0) is 41.0. The SMILES string of the molecule is CC/C=C/C=C/C=C\C=C/C=C/CCCC(CC(=O)NC(CO)C(O)CCCCCCCCCCCC)OC(=O)CCCCC/C=C\CCCCCCCCC. The van der Waals surface area contributed by atoms with E-state index < -0.39 is 18.2 Å². The molecule has 1 amide bonds. The van der Waals surface area contributed by atoms with Gasteiger partial charge < -0.3 is 20.3 Å². The van der Waals surface area contributed by atoms with Crippen LogP contribution in [0.1, 0.15) is 207 Å². The van der Waals surface area contributed by atoms with E-state index in [1.54, 1.807) is 0 Å². The molecule has 6 heteroatoms. The number of allylic oxidation sites excluding steroid dienone is 12. The Morgan fingerprint density at radius 1 is 0.536 bits per heavy atom. The number of hydrogen-bond donors (Lipinski definition) is 3. The molecule has 0 aromatic rings. The largest absolute Gasteiger partial charge is 0.462 e. The van der Waals surface area contributed by atoms with Gasteiger partial charge >= 0.3 is 5.97 Å². The molecule has 56 heavy (non-hydrogen) atoms. The van der Waals surface area contributed by atoms with Crippen LogP contribution in [-0.2, 0) is 14.3 Å². The highest BCUT2D eigenvalue weighted by molar-refractivity contribution is 5.77. The van der Waals surface area contributed by atoms with Crippen LogP contribution in [0.15, 0.2) is 72.9 Å². The van der Waals surface area contributed by atoms with Gasteiger partial charge in [-0.3, -0.25) is 9.59 Å². The Bertz CT molecular complexity index is 1060. The molecule has 0 aromatic carbocycles. The lowest BCUT2D eigenvalue weighted by atomic mass is 10.0. The molecular formula is C50H87NO5. The van der Waals surface area contributed by atoms with Crippen molar-refractivity contribution in [1.82, 2.24) is 5.32 Å². The van der Waals surface area contributed by atoms with E-state index in [9.17, 15) is 19.8 Å². The lowest BCUT2D eigenvalue weighted by Crippen LogP contribution is -2.46. The van der Waals surface area contributed by atoms with Crippen molar-refractivity contribution in [2.24, 2.45) is 0 Å². The second kappa shape index (κ2) is 43.4. The van der Waals surface area contributed by atoms with Crippen molar-refractivity contribution in [2.75, 3.05) is 6.61 Å². The number of nitrogens with one attached hydrogen (secondary N) is 1.